The Hall–Kier alpha value is -1.29. The average Bonchev–Trinajstić information content (AvgIpc) is 2.46. The van der Waals surface area contributed by atoms with Crippen molar-refractivity contribution in [3.05, 3.63) is 64.7 Å². The number of hydrogen-bond donors (Lipinski definition) is 1. The van der Waals surface area contributed by atoms with Crippen LogP contribution in [0.1, 0.15) is 34.0 Å². The Morgan fingerprint density at radius 2 is 1.54 bits per heavy atom. The molecule has 2 rings (SSSR count). The van der Waals surface area contributed by atoms with Crippen molar-refractivity contribution in [2.24, 2.45) is 0 Å². The van der Waals surface area contributed by atoms with E-state index in [1.807, 2.05) is 32.0 Å². The number of nitrogens with one attached hydrogen (secondary N) is 1. The number of carbonyl (C=O) groups is 1. The first kappa shape index (κ1) is 19.0. The van der Waals surface area contributed by atoms with Gasteiger partial charge in [-0.1, -0.05) is 0 Å². The Morgan fingerprint density at radius 1 is 1.00 bits per heavy atom. The summed E-state index contributed by atoms with van der Waals surface area (Å²) in [6.45, 7) is 6.05. The molecule has 0 heterocycles. The van der Waals surface area contributed by atoms with Crippen LogP contribution in [0, 0.1) is 13.8 Å². The molecule has 1 unspecified atom stereocenters. The minimum absolute atomic E-state index is 0.0283. The SMILES string of the molecule is Cc1cccc(C)c1C(=O)NC(C)Cc1cc[c]([Sn]([CH3])([CH3])[CH3])cc1. The Balaban J connectivity index is 2.03. The van der Waals surface area contributed by atoms with E-state index < -0.39 is 18.4 Å². The Bertz CT molecular complexity index is 693. The van der Waals surface area contributed by atoms with Gasteiger partial charge in [0.2, 0.25) is 0 Å². The summed E-state index contributed by atoms with van der Waals surface area (Å²) >= 11 is -1.97. The van der Waals surface area contributed by atoms with Gasteiger partial charge in [-0.3, -0.25) is 0 Å². The summed E-state index contributed by atoms with van der Waals surface area (Å²) in [5.74, 6) is 0.0283. The van der Waals surface area contributed by atoms with Crippen LogP contribution in [0.4, 0.5) is 0 Å². The molecule has 0 saturated carbocycles. The summed E-state index contributed by atoms with van der Waals surface area (Å²) in [5, 5.41) is 3.15. The second-order valence-corrected chi connectivity index (χ2v) is 22.3. The van der Waals surface area contributed by atoms with Crippen LogP contribution >= 0.6 is 0 Å². The predicted octanol–water partition coefficient (Wildman–Crippen LogP) is 4.21. The molecule has 2 aromatic rings. The number of rotatable bonds is 5. The van der Waals surface area contributed by atoms with Gasteiger partial charge in [0.05, 0.1) is 0 Å². The van der Waals surface area contributed by atoms with Gasteiger partial charge in [-0.15, -0.1) is 0 Å². The van der Waals surface area contributed by atoms with Crippen LogP contribution in [-0.4, -0.2) is 30.3 Å². The van der Waals surface area contributed by atoms with E-state index in [4.69, 9.17) is 0 Å². The van der Waals surface area contributed by atoms with Gasteiger partial charge in [0.15, 0.2) is 0 Å². The number of aryl methyl sites for hydroxylation is 2. The van der Waals surface area contributed by atoms with E-state index in [-0.39, 0.29) is 11.9 Å². The fourth-order valence-corrected chi connectivity index (χ4v) is 6.34. The van der Waals surface area contributed by atoms with E-state index in [9.17, 15) is 4.79 Å². The molecule has 0 aliphatic carbocycles. The Morgan fingerprint density at radius 3 is 2.04 bits per heavy atom. The molecule has 0 aliphatic heterocycles. The molecule has 2 aromatic carbocycles. The predicted molar refractivity (Wildman–Crippen MR) is 106 cm³/mol. The summed E-state index contributed by atoms with van der Waals surface area (Å²) in [7, 11) is 0. The van der Waals surface area contributed by atoms with E-state index >= 15 is 0 Å². The van der Waals surface area contributed by atoms with E-state index in [1.165, 1.54) is 5.56 Å². The monoisotopic (exact) mass is 431 g/mol. The summed E-state index contributed by atoms with van der Waals surface area (Å²) in [6.07, 6.45) is 0.858. The summed E-state index contributed by atoms with van der Waals surface area (Å²) in [6, 6.07) is 15.1. The molecule has 0 aromatic heterocycles. The molecular formula is C21H29NOSn. The zero-order chi connectivity index (χ0) is 17.9. The van der Waals surface area contributed by atoms with Crippen molar-refractivity contribution in [1.29, 1.82) is 0 Å². The molecule has 0 bridgehead atoms. The molecule has 2 nitrogen and oxygen atoms in total. The number of hydrogen-bond acceptors (Lipinski definition) is 1. The molecule has 0 aliphatic rings. The normalized spacial score (nSPS) is 12.8. The molecule has 0 radical (unpaired) electrons. The molecule has 3 heteroatoms. The molecular weight excluding hydrogens is 401 g/mol. The van der Waals surface area contributed by atoms with Gasteiger partial charge < -0.3 is 0 Å². The summed E-state index contributed by atoms with van der Waals surface area (Å²) in [5.41, 5.74) is 4.15. The first-order valence-corrected chi connectivity index (χ1v) is 18.6. The molecule has 24 heavy (non-hydrogen) atoms. The van der Waals surface area contributed by atoms with E-state index in [0.29, 0.717) is 0 Å². The molecule has 1 amide bonds. The number of benzene rings is 2. The van der Waals surface area contributed by atoms with Gasteiger partial charge in [-0.25, -0.2) is 0 Å². The van der Waals surface area contributed by atoms with Crippen LogP contribution < -0.4 is 8.90 Å². The average molecular weight is 430 g/mol. The fraction of sp³-hybridized carbons (Fsp3) is 0.381. The maximum atomic E-state index is 12.6. The zero-order valence-corrected chi connectivity index (χ0v) is 18.6. The van der Waals surface area contributed by atoms with E-state index in [2.05, 4.69) is 51.3 Å². The Kier molecular flexibility index (Phi) is 6.13. The van der Waals surface area contributed by atoms with Crippen LogP contribution in [0.2, 0.25) is 14.8 Å². The third kappa shape index (κ3) is 4.85. The summed E-state index contributed by atoms with van der Waals surface area (Å²) in [4.78, 5) is 19.9. The minimum atomic E-state index is -1.97. The fourth-order valence-electron chi connectivity index (χ4n) is 3.01. The van der Waals surface area contributed by atoms with Gasteiger partial charge in [-0.2, -0.15) is 0 Å². The first-order valence-electron chi connectivity index (χ1n) is 8.65. The Labute approximate surface area is 150 Å². The zero-order valence-electron chi connectivity index (χ0n) is 15.7. The number of amides is 1. The second kappa shape index (κ2) is 7.73. The standard InChI is InChI=1S/C18H20NO.3CH3.Sn/c1-13-8-7-9-14(2)17(13)18(20)19-15(3)12-16-10-5-4-6-11-16;;;;/h5-11,15H,12H2,1-3H3,(H,19,20);3*1H3;. The molecule has 0 saturated heterocycles. The van der Waals surface area contributed by atoms with Crippen molar-refractivity contribution in [2.45, 2.75) is 48.1 Å². The second-order valence-electron chi connectivity index (χ2n) is 7.79. The third-order valence-corrected chi connectivity index (χ3v) is 10.3. The first-order chi connectivity index (χ1) is 11.2. The molecule has 0 spiro atoms. The van der Waals surface area contributed by atoms with Crippen LogP contribution in [0.3, 0.4) is 0 Å². The van der Waals surface area contributed by atoms with Gasteiger partial charge in [-0.05, 0) is 0 Å². The molecule has 0 fully saturated rings. The molecule has 128 valence electrons. The van der Waals surface area contributed by atoms with Crippen LogP contribution in [0.5, 0.6) is 0 Å². The van der Waals surface area contributed by atoms with Crippen molar-refractivity contribution < 1.29 is 4.79 Å². The third-order valence-electron chi connectivity index (χ3n) is 4.45. The van der Waals surface area contributed by atoms with Gasteiger partial charge in [0, 0.05) is 0 Å². The summed E-state index contributed by atoms with van der Waals surface area (Å²) < 4.78 is 1.54. The van der Waals surface area contributed by atoms with Crippen LogP contribution in [-0.2, 0) is 6.42 Å². The van der Waals surface area contributed by atoms with Crippen molar-refractivity contribution in [2.75, 3.05) is 0 Å². The maximum absolute atomic E-state index is 12.6. The topological polar surface area (TPSA) is 29.1 Å². The van der Waals surface area contributed by atoms with Crippen molar-refractivity contribution in [3.63, 3.8) is 0 Å². The number of carbonyl (C=O) groups excluding carboxylic acids is 1. The molecule has 1 atom stereocenters. The van der Waals surface area contributed by atoms with Gasteiger partial charge in [0.1, 0.15) is 0 Å². The van der Waals surface area contributed by atoms with Crippen molar-refractivity contribution >= 4 is 27.9 Å². The van der Waals surface area contributed by atoms with Crippen LogP contribution in [0.15, 0.2) is 42.5 Å². The van der Waals surface area contributed by atoms with Gasteiger partial charge >= 0.3 is 151 Å². The van der Waals surface area contributed by atoms with Gasteiger partial charge in [0.25, 0.3) is 0 Å². The van der Waals surface area contributed by atoms with E-state index in [1.54, 1.807) is 3.58 Å². The quantitative estimate of drug-likeness (QED) is 0.708. The van der Waals surface area contributed by atoms with Crippen molar-refractivity contribution in [3.8, 4) is 0 Å². The van der Waals surface area contributed by atoms with E-state index in [0.717, 1.165) is 23.1 Å². The molecule has 1 N–H and O–H groups in total. The van der Waals surface area contributed by atoms with Crippen LogP contribution in [0.25, 0.3) is 0 Å². The van der Waals surface area contributed by atoms with Crippen molar-refractivity contribution in [1.82, 2.24) is 5.32 Å².